The maximum Gasteiger partial charge on any atom is 0.255 e. The van der Waals surface area contributed by atoms with Crippen molar-refractivity contribution in [3.63, 3.8) is 0 Å². The Morgan fingerprint density at radius 2 is 1.84 bits per heavy atom. The Labute approximate surface area is 264 Å². The molecule has 9 nitrogen and oxygen atoms in total. The molecule has 1 aliphatic rings. The van der Waals surface area contributed by atoms with Crippen LogP contribution in [0.5, 0.6) is 17.2 Å². The van der Waals surface area contributed by atoms with Gasteiger partial charge in [0.15, 0.2) is 11.5 Å². The highest BCUT2D eigenvalue weighted by Crippen LogP contribution is 2.40. The van der Waals surface area contributed by atoms with Crippen molar-refractivity contribution in [1.29, 1.82) is 0 Å². The van der Waals surface area contributed by atoms with E-state index in [0.29, 0.717) is 55.4 Å². The number of anilines is 2. The Balaban J connectivity index is 1.52. The molecular weight excluding hydrogens is 609 g/mol. The minimum atomic E-state index is -0.608. The SMILES string of the molecule is CCCSc1nc2n(n1)C(c1ccc(OCc3ccc(Cl)cc3Cl)c(OC)c1)C(C(=O)Nc1ccccc1OC)=C(C)N2. The average molecular weight is 641 g/mol. The number of rotatable bonds is 11. The summed E-state index contributed by atoms with van der Waals surface area (Å²) in [5.74, 6) is 2.68. The van der Waals surface area contributed by atoms with Crippen molar-refractivity contribution >= 4 is 52.5 Å². The van der Waals surface area contributed by atoms with Crippen LogP contribution in [0.25, 0.3) is 0 Å². The highest BCUT2D eigenvalue weighted by molar-refractivity contribution is 7.99. The van der Waals surface area contributed by atoms with Crippen LogP contribution in [0.15, 0.2) is 77.1 Å². The number of hydrogen-bond acceptors (Lipinski definition) is 8. The van der Waals surface area contributed by atoms with Gasteiger partial charge in [-0.05, 0) is 55.3 Å². The first-order valence-corrected chi connectivity index (χ1v) is 15.3. The molecule has 0 saturated carbocycles. The molecule has 3 aromatic carbocycles. The van der Waals surface area contributed by atoms with Gasteiger partial charge in [-0.2, -0.15) is 4.98 Å². The number of nitrogens with zero attached hydrogens (tertiary/aromatic N) is 3. The summed E-state index contributed by atoms with van der Waals surface area (Å²) in [5, 5.41) is 12.8. The second kappa shape index (κ2) is 13.6. The number of amides is 1. The van der Waals surface area contributed by atoms with E-state index in [9.17, 15) is 4.79 Å². The summed E-state index contributed by atoms with van der Waals surface area (Å²) in [6, 6.07) is 17.5. The number of halogens is 2. The van der Waals surface area contributed by atoms with Gasteiger partial charge in [0, 0.05) is 27.1 Å². The minimum absolute atomic E-state index is 0.218. The fourth-order valence-electron chi connectivity index (χ4n) is 4.69. The summed E-state index contributed by atoms with van der Waals surface area (Å²) < 4.78 is 19.0. The Kier molecular flexibility index (Phi) is 9.69. The number of para-hydroxylation sites is 2. The molecule has 43 heavy (non-hydrogen) atoms. The van der Waals surface area contributed by atoms with E-state index in [1.165, 1.54) is 0 Å². The third-order valence-corrected chi connectivity index (χ3v) is 8.40. The Bertz CT molecular complexity index is 1680. The number of thioether (sulfide) groups is 1. The van der Waals surface area contributed by atoms with Gasteiger partial charge in [-0.3, -0.25) is 4.79 Å². The molecule has 0 saturated heterocycles. The molecule has 1 aliphatic heterocycles. The van der Waals surface area contributed by atoms with Gasteiger partial charge in [-0.25, -0.2) is 4.68 Å². The third kappa shape index (κ3) is 6.71. The zero-order chi connectivity index (χ0) is 30.5. The van der Waals surface area contributed by atoms with Crippen LogP contribution >= 0.6 is 35.0 Å². The first kappa shape index (κ1) is 30.6. The number of allylic oxidation sites excluding steroid dienone is 1. The quantitative estimate of drug-likeness (QED) is 0.162. The number of nitrogens with one attached hydrogen (secondary N) is 2. The van der Waals surface area contributed by atoms with Gasteiger partial charge in [0.1, 0.15) is 18.4 Å². The largest absolute Gasteiger partial charge is 0.495 e. The molecule has 4 aromatic rings. The molecule has 0 aliphatic carbocycles. The van der Waals surface area contributed by atoms with E-state index < -0.39 is 6.04 Å². The van der Waals surface area contributed by atoms with E-state index in [0.717, 1.165) is 23.3 Å². The van der Waals surface area contributed by atoms with Gasteiger partial charge in [0.05, 0.1) is 25.5 Å². The number of aromatic nitrogens is 3. The van der Waals surface area contributed by atoms with Gasteiger partial charge < -0.3 is 24.8 Å². The number of carbonyl (C=O) groups excluding carboxylic acids is 1. The molecule has 5 rings (SSSR count). The van der Waals surface area contributed by atoms with Crippen LogP contribution in [0.1, 0.15) is 37.4 Å². The highest BCUT2D eigenvalue weighted by Gasteiger charge is 2.35. The molecular formula is C31H31Cl2N5O4S. The number of fused-ring (bicyclic) bond motifs is 1. The van der Waals surface area contributed by atoms with E-state index in [1.54, 1.807) is 54.9 Å². The second-order valence-corrected chi connectivity index (χ2v) is 11.6. The van der Waals surface area contributed by atoms with E-state index >= 15 is 0 Å². The fourth-order valence-corrected chi connectivity index (χ4v) is 5.84. The van der Waals surface area contributed by atoms with Gasteiger partial charge in [0.25, 0.3) is 5.91 Å². The van der Waals surface area contributed by atoms with Gasteiger partial charge in [0.2, 0.25) is 11.1 Å². The predicted molar refractivity (Wildman–Crippen MR) is 171 cm³/mol. The van der Waals surface area contributed by atoms with Crippen LogP contribution in [0.3, 0.4) is 0 Å². The molecule has 1 atom stereocenters. The van der Waals surface area contributed by atoms with Crippen molar-refractivity contribution in [3.05, 3.63) is 93.1 Å². The first-order chi connectivity index (χ1) is 20.8. The monoisotopic (exact) mass is 639 g/mol. The van der Waals surface area contributed by atoms with Crippen LogP contribution < -0.4 is 24.8 Å². The normalized spacial score (nSPS) is 14.1. The number of carbonyl (C=O) groups is 1. The number of methoxy groups -OCH3 is 2. The van der Waals surface area contributed by atoms with Crippen LogP contribution in [0, 0.1) is 0 Å². The molecule has 1 aromatic heterocycles. The minimum Gasteiger partial charge on any atom is -0.495 e. The lowest BCUT2D eigenvalue weighted by molar-refractivity contribution is -0.113. The van der Waals surface area contributed by atoms with E-state index in [-0.39, 0.29) is 12.5 Å². The lowest BCUT2D eigenvalue weighted by Gasteiger charge is -2.29. The third-order valence-electron chi connectivity index (χ3n) is 6.77. The first-order valence-electron chi connectivity index (χ1n) is 13.6. The standard InChI is InChI=1S/C31H31Cl2N5O4S/c1-5-14-43-31-36-30-34-18(2)27(29(39)35-23-8-6-7-9-24(23)40-3)28(38(30)37-31)19-11-13-25(26(15-19)41-4)42-17-20-10-12-21(32)16-22(20)33/h6-13,15-16,28H,5,14,17H2,1-4H3,(H,35,39)(H,34,36,37). The van der Waals surface area contributed by atoms with Crippen molar-refractivity contribution in [1.82, 2.24) is 14.8 Å². The van der Waals surface area contributed by atoms with Crippen molar-refractivity contribution < 1.29 is 19.0 Å². The summed E-state index contributed by atoms with van der Waals surface area (Å²) in [5.41, 5.74) is 3.23. The summed E-state index contributed by atoms with van der Waals surface area (Å²) >= 11 is 13.9. The van der Waals surface area contributed by atoms with Crippen LogP contribution in [-0.2, 0) is 11.4 Å². The van der Waals surface area contributed by atoms with Gasteiger partial charge >= 0.3 is 0 Å². The topological polar surface area (TPSA) is 99.5 Å². The summed E-state index contributed by atoms with van der Waals surface area (Å²) in [6.07, 6.45) is 0.981. The fraction of sp³-hybridized carbons (Fsp3) is 0.258. The lowest BCUT2D eigenvalue weighted by Crippen LogP contribution is -2.31. The molecule has 0 radical (unpaired) electrons. The summed E-state index contributed by atoms with van der Waals surface area (Å²) in [7, 11) is 3.13. The molecule has 1 amide bonds. The van der Waals surface area contributed by atoms with Crippen molar-refractivity contribution in [2.45, 2.75) is 38.1 Å². The Hall–Kier alpha value is -3.86. The van der Waals surface area contributed by atoms with Crippen molar-refractivity contribution in [2.24, 2.45) is 0 Å². The molecule has 0 fully saturated rings. The zero-order valence-corrected chi connectivity index (χ0v) is 26.4. The van der Waals surface area contributed by atoms with Gasteiger partial charge in [-0.15, -0.1) is 5.10 Å². The van der Waals surface area contributed by atoms with E-state index in [2.05, 4.69) is 17.6 Å². The molecule has 0 bridgehead atoms. The highest BCUT2D eigenvalue weighted by atomic mass is 35.5. The number of benzene rings is 3. The maximum atomic E-state index is 13.9. The Morgan fingerprint density at radius 1 is 1.05 bits per heavy atom. The zero-order valence-electron chi connectivity index (χ0n) is 24.1. The summed E-state index contributed by atoms with van der Waals surface area (Å²) in [4.78, 5) is 18.6. The lowest BCUT2D eigenvalue weighted by atomic mass is 9.94. The average Bonchev–Trinajstić information content (AvgIpc) is 3.41. The molecule has 2 N–H and O–H groups in total. The van der Waals surface area contributed by atoms with Crippen molar-refractivity contribution in [3.8, 4) is 17.2 Å². The van der Waals surface area contributed by atoms with Crippen molar-refractivity contribution in [2.75, 3.05) is 30.6 Å². The Morgan fingerprint density at radius 3 is 2.58 bits per heavy atom. The van der Waals surface area contributed by atoms with Crippen LogP contribution in [0.4, 0.5) is 11.6 Å². The second-order valence-electron chi connectivity index (χ2n) is 9.67. The predicted octanol–water partition coefficient (Wildman–Crippen LogP) is 7.61. The smallest absolute Gasteiger partial charge is 0.255 e. The molecule has 2 heterocycles. The van der Waals surface area contributed by atoms with Crippen LogP contribution in [-0.4, -0.2) is 40.6 Å². The van der Waals surface area contributed by atoms with E-state index in [1.807, 2.05) is 43.3 Å². The molecule has 224 valence electrons. The van der Waals surface area contributed by atoms with Crippen LogP contribution in [0.2, 0.25) is 10.0 Å². The molecule has 0 spiro atoms. The number of hydrogen-bond donors (Lipinski definition) is 2. The maximum absolute atomic E-state index is 13.9. The summed E-state index contributed by atoms with van der Waals surface area (Å²) in [6.45, 7) is 4.18. The molecule has 12 heteroatoms. The molecule has 1 unspecified atom stereocenters. The van der Waals surface area contributed by atoms with E-state index in [4.69, 9.17) is 47.5 Å². The van der Waals surface area contributed by atoms with Gasteiger partial charge in [-0.1, -0.05) is 66.2 Å². The number of ether oxygens (including phenoxy) is 3.